The highest BCUT2D eigenvalue weighted by molar-refractivity contribution is 5.96. The molecule has 2 unspecified atom stereocenters. The summed E-state index contributed by atoms with van der Waals surface area (Å²) in [5.74, 6) is 0.0963. The number of amides is 2. The van der Waals surface area contributed by atoms with Crippen LogP contribution in [0.25, 0.3) is 0 Å². The van der Waals surface area contributed by atoms with Crippen molar-refractivity contribution in [3.05, 3.63) is 0 Å². The number of unbranched alkanes of at least 4 members (excludes halogenated alkanes) is 1. The maximum absolute atomic E-state index is 12.5. The second kappa shape index (κ2) is 8.95. The summed E-state index contributed by atoms with van der Waals surface area (Å²) in [7, 11) is 1.68. The van der Waals surface area contributed by atoms with Crippen LogP contribution < -0.4 is 5.32 Å². The van der Waals surface area contributed by atoms with Crippen LogP contribution in [-0.4, -0.2) is 49.1 Å². The zero-order valence-corrected chi connectivity index (χ0v) is 13.0. The Balaban J connectivity index is 2.68. The van der Waals surface area contributed by atoms with E-state index in [4.69, 9.17) is 4.74 Å². The van der Waals surface area contributed by atoms with E-state index in [-0.39, 0.29) is 23.9 Å². The maximum atomic E-state index is 12.5. The third kappa shape index (κ3) is 4.47. The Labute approximate surface area is 122 Å². The lowest BCUT2D eigenvalue weighted by Gasteiger charge is -2.39. The summed E-state index contributed by atoms with van der Waals surface area (Å²) in [6, 6.07) is -0.619. The first-order valence-electron chi connectivity index (χ1n) is 7.75. The second-order valence-electron chi connectivity index (χ2n) is 5.39. The minimum atomic E-state index is -0.331. The molecule has 1 rings (SSSR count). The van der Waals surface area contributed by atoms with Gasteiger partial charge in [-0.2, -0.15) is 0 Å². The highest BCUT2D eigenvalue weighted by atomic mass is 16.5. The van der Waals surface area contributed by atoms with Gasteiger partial charge >= 0.3 is 0 Å². The van der Waals surface area contributed by atoms with Gasteiger partial charge in [-0.25, -0.2) is 0 Å². The van der Waals surface area contributed by atoms with Gasteiger partial charge in [-0.3, -0.25) is 9.59 Å². The predicted molar refractivity (Wildman–Crippen MR) is 78.4 cm³/mol. The van der Waals surface area contributed by atoms with Crippen LogP contribution in [0.5, 0.6) is 0 Å². The molecule has 2 amide bonds. The molecule has 0 spiro atoms. The lowest BCUT2D eigenvalue weighted by atomic mass is 10.00. The molecular formula is C15H28N2O3. The SMILES string of the molecule is CCCC1NC(=O)C(CCC)N(CCCCOC)C1=O. The number of piperazine rings is 1. The summed E-state index contributed by atoms with van der Waals surface area (Å²) in [5, 5.41) is 2.88. The molecule has 1 heterocycles. The van der Waals surface area contributed by atoms with E-state index in [0.29, 0.717) is 13.2 Å². The van der Waals surface area contributed by atoms with Crippen LogP contribution in [0.3, 0.4) is 0 Å². The third-order valence-electron chi connectivity index (χ3n) is 3.71. The molecule has 5 heteroatoms. The van der Waals surface area contributed by atoms with Gasteiger partial charge in [0.15, 0.2) is 0 Å². The van der Waals surface area contributed by atoms with Crippen molar-refractivity contribution in [2.45, 2.75) is 64.5 Å². The molecule has 1 aliphatic rings. The molecule has 1 saturated heterocycles. The Hall–Kier alpha value is -1.10. The average molecular weight is 284 g/mol. The highest BCUT2D eigenvalue weighted by Gasteiger charge is 2.38. The number of nitrogens with zero attached hydrogens (tertiary/aromatic N) is 1. The minimum Gasteiger partial charge on any atom is -0.385 e. The zero-order valence-electron chi connectivity index (χ0n) is 13.0. The first-order valence-corrected chi connectivity index (χ1v) is 7.75. The van der Waals surface area contributed by atoms with E-state index in [1.165, 1.54) is 0 Å². The van der Waals surface area contributed by atoms with Crippen molar-refractivity contribution in [3.63, 3.8) is 0 Å². The lowest BCUT2D eigenvalue weighted by Crippen LogP contribution is -2.63. The number of methoxy groups -OCH3 is 1. The lowest BCUT2D eigenvalue weighted by molar-refractivity contribution is -0.150. The van der Waals surface area contributed by atoms with Gasteiger partial charge in [-0.05, 0) is 25.7 Å². The van der Waals surface area contributed by atoms with E-state index < -0.39 is 0 Å². The summed E-state index contributed by atoms with van der Waals surface area (Å²) in [4.78, 5) is 26.5. The Morgan fingerprint density at radius 3 is 2.45 bits per heavy atom. The van der Waals surface area contributed by atoms with Gasteiger partial charge in [0.05, 0.1) is 0 Å². The molecule has 1 N–H and O–H groups in total. The largest absolute Gasteiger partial charge is 0.385 e. The number of ether oxygens (including phenoxy) is 1. The molecule has 5 nitrogen and oxygen atoms in total. The first-order chi connectivity index (χ1) is 9.65. The number of nitrogens with one attached hydrogen (secondary N) is 1. The van der Waals surface area contributed by atoms with Crippen molar-refractivity contribution in [1.29, 1.82) is 0 Å². The fourth-order valence-corrected chi connectivity index (χ4v) is 2.66. The van der Waals surface area contributed by atoms with Crippen LogP contribution in [0, 0.1) is 0 Å². The van der Waals surface area contributed by atoms with Crippen LogP contribution in [0.15, 0.2) is 0 Å². The molecule has 1 aliphatic heterocycles. The smallest absolute Gasteiger partial charge is 0.245 e. The van der Waals surface area contributed by atoms with Crippen LogP contribution in [0.1, 0.15) is 52.4 Å². The van der Waals surface area contributed by atoms with Crippen molar-refractivity contribution >= 4 is 11.8 Å². The monoisotopic (exact) mass is 284 g/mol. The quantitative estimate of drug-likeness (QED) is 0.656. The Kier molecular flexibility index (Phi) is 7.59. The number of rotatable bonds is 9. The molecular weight excluding hydrogens is 256 g/mol. The molecule has 1 fully saturated rings. The molecule has 116 valence electrons. The Morgan fingerprint density at radius 1 is 1.15 bits per heavy atom. The number of hydrogen-bond acceptors (Lipinski definition) is 3. The molecule has 0 aliphatic carbocycles. The summed E-state index contributed by atoms with van der Waals surface area (Å²) >= 11 is 0. The topological polar surface area (TPSA) is 58.6 Å². The molecule has 0 aromatic heterocycles. The van der Waals surface area contributed by atoms with E-state index in [9.17, 15) is 9.59 Å². The summed E-state index contributed by atoms with van der Waals surface area (Å²) < 4.78 is 5.03. The van der Waals surface area contributed by atoms with Gasteiger partial charge in [0, 0.05) is 20.3 Å². The van der Waals surface area contributed by atoms with Gasteiger partial charge < -0.3 is 15.0 Å². The van der Waals surface area contributed by atoms with E-state index in [1.807, 2.05) is 13.8 Å². The van der Waals surface area contributed by atoms with E-state index in [1.54, 1.807) is 12.0 Å². The van der Waals surface area contributed by atoms with Crippen LogP contribution in [0.4, 0.5) is 0 Å². The van der Waals surface area contributed by atoms with Crippen molar-refractivity contribution in [2.75, 3.05) is 20.3 Å². The first kappa shape index (κ1) is 17.0. The molecule has 2 atom stereocenters. The zero-order chi connectivity index (χ0) is 15.0. The fraction of sp³-hybridized carbons (Fsp3) is 0.867. The van der Waals surface area contributed by atoms with Crippen molar-refractivity contribution < 1.29 is 14.3 Å². The van der Waals surface area contributed by atoms with Crippen molar-refractivity contribution in [2.24, 2.45) is 0 Å². The van der Waals surface area contributed by atoms with Gasteiger partial charge in [0.25, 0.3) is 0 Å². The van der Waals surface area contributed by atoms with Gasteiger partial charge in [0.1, 0.15) is 12.1 Å². The van der Waals surface area contributed by atoms with Crippen LogP contribution >= 0.6 is 0 Å². The highest BCUT2D eigenvalue weighted by Crippen LogP contribution is 2.18. The van der Waals surface area contributed by atoms with Gasteiger partial charge in [0.2, 0.25) is 11.8 Å². The molecule has 0 aromatic carbocycles. The molecule has 0 bridgehead atoms. The van der Waals surface area contributed by atoms with Crippen molar-refractivity contribution in [3.8, 4) is 0 Å². The second-order valence-corrected chi connectivity index (χ2v) is 5.39. The van der Waals surface area contributed by atoms with Crippen LogP contribution in [-0.2, 0) is 14.3 Å². The molecule has 0 aromatic rings. The standard InChI is InChI=1S/C15H28N2O3/c1-4-8-12-15(19)17(10-6-7-11-20-3)13(9-5-2)14(18)16-12/h12-13H,4-11H2,1-3H3,(H,16,18). The summed E-state index contributed by atoms with van der Waals surface area (Å²) in [5.41, 5.74) is 0. The molecule has 0 saturated carbocycles. The fourth-order valence-electron chi connectivity index (χ4n) is 2.66. The van der Waals surface area contributed by atoms with Gasteiger partial charge in [-0.15, -0.1) is 0 Å². The predicted octanol–water partition coefficient (Wildman–Crippen LogP) is 1.71. The third-order valence-corrected chi connectivity index (χ3v) is 3.71. The summed E-state index contributed by atoms with van der Waals surface area (Å²) in [6.45, 7) is 5.42. The van der Waals surface area contributed by atoms with E-state index in [2.05, 4.69) is 5.32 Å². The number of carbonyl (C=O) groups excluding carboxylic acids is 2. The van der Waals surface area contributed by atoms with Gasteiger partial charge in [-0.1, -0.05) is 26.7 Å². The van der Waals surface area contributed by atoms with E-state index in [0.717, 1.165) is 38.5 Å². The van der Waals surface area contributed by atoms with E-state index >= 15 is 0 Å². The molecule has 20 heavy (non-hydrogen) atoms. The number of hydrogen-bond donors (Lipinski definition) is 1. The Bertz CT molecular complexity index is 320. The maximum Gasteiger partial charge on any atom is 0.245 e. The number of carbonyl (C=O) groups is 2. The summed E-state index contributed by atoms with van der Waals surface area (Å²) in [6.07, 6.45) is 5.05. The average Bonchev–Trinajstić information content (AvgIpc) is 2.43. The van der Waals surface area contributed by atoms with Crippen LogP contribution in [0.2, 0.25) is 0 Å². The Morgan fingerprint density at radius 2 is 1.85 bits per heavy atom. The normalized spacial score (nSPS) is 23.1. The minimum absolute atomic E-state index is 0.0108. The molecule has 0 radical (unpaired) electrons. The van der Waals surface area contributed by atoms with Crippen molar-refractivity contribution in [1.82, 2.24) is 10.2 Å².